The predicted molar refractivity (Wildman–Crippen MR) is 45.3 cm³/mol. The second-order valence-corrected chi connectivity index (χ2v) is 4.53. The van der Waals surface area contributed by atoms with Crippen molar-refractivity contribution in [3.63, 3.8) is 0 Å². The second kappa shape index (κ2) is 3.69. The molecular weight excluding hydrogens is 182 g/mol. The van der Waals surface area contributed by atoms with E-state index in [0.717, 1.165) is 0 Å². The molecule has 1 N–H and O–H groups in total. The van der Waals surface area contributed by atoms with Crippen molar-refractivity contribution in [2.24, 2.45) is 0 Å². The van der Waals surface area contributed by atoms with Gasteiger partial charge in [0.1, 0.15) is 0 Å². The molecule has 0 aromatic heterocycles. The van der Waals surface area contributed by atoms with Crippen LogP contribution in [0.3, 0.4) is 0 Å². The van der Waals surface area contributed by atoms with Crippen molar-refractivity contribution in [2.75, 3.05) is 20.6 Å². The van der Waals surface area contributed by atoms with Crippen LogP contribution in [0.15, 0.2) is 0 Å². The van der Waals surface area contributed by atoms with Gasteiger partial charge in [-0.05, 0) is 27.9 Å². The van der Waals surface area contributed by atoms with E-state index in [4.69, 9.17) is 4.55 Å². The van der Waals surface area contributed by atoms with Crippen molar-refractivity contribution in [1.29, 1.82) is 0 Å². The van der Waals surface area contributed by atoms with Crippen LogP contribution in [0.1, 0.15) is 13.8 Å². The van der Waals surface area contributed by atoms with Crippen LogP contribution in [-0.2, 0) is 14.6 Å². The van der Waals surface area contributed by atoms with Gasteiger partial charge in [-0.15, -0.1) is 0 Å². The third-order valence-electron chi connectivity index (χ3n) is 1.03. The maximum Gasteiger partial charge on any atom is 0.397 e. The lowest BCUT2D eigenvalue weighted by atomic mass is 10.1. The minimum atomic E-state index is -4.35. The van der Waals surface area contributed by atoms with Gasteiger partial charge >= 0.3 is 10.4 Å². The monoisotopic (exact) mass is 197 g/mol. The highest BCUT2D eigenvalue weighted by Crippen LogP contribution is 2.12. The fraction of sp³-hybridized carbons (Fsp3) is 1.00. The molecule has 0 unspecified atom stereocenters. The van der Waals surface area contributed by atoms with Gasteiger partial charge in [0.2, 0.25) is 0 Å². The Hall–Kier alpha value is -0.170. The van der Waals surface area contributed by atoms with Gasteiger partial charge in [-0.25, -0.2) is 4.18 Å². The maximum atomic E-state index is 10.3. The number of hydrogen-bond acceptors (Lipinski definition) is 4. The van der Waals surface area contributed by atoms with Crippen molar-refractivity contribution in [2.45, 2.75) is 19.4 Å². The Labute approximate surface area is 73.3 Å². The molecule has 0 bridgehead atoms. The zero-order chi connectivity index (χ0) is 9.99. The van der Waals surface area contributed by atoms with Crippen LogP contribution in [0.2, 0.25) is 0 Å². The van der Waals surface area contributed by atoms with Crippen LogP contribution in [0.25, 0.3) is 0 Å². The summed E-state index contributed by atoms with van der Waals surface area (Å²) < 4.78 is 33.5. The Morgan fingerprint density at radius 3 is 2.08 bits per heavy atom. The molecule has 0 spiro atoms. The first kappa shape index (κ1) is 11.8. The van der Waals surface area contributed by atoms with E-state index in [2.05, 4.69) is 4.18 Å². The van der Waals surface area contributed by atoms with Gasteiger partial charge in [-0.2, -0.15) is 8.42 Å². The van der Waals surface area contributed by atoms with E-state index in [-0.39, 0.29) is 0 Å². The third-order valence-corrected chi connectivity index (χ3v) is 1.69. The normalized spacial score (nSPS) is 13.8. The molecule has 74 valence electrons. The zero-order valence-corrected chi connectivity index (χ0v) is 8.55. The largest absolute Gasteiger partial charge is 0.397 e. The van der Waals surface area contributed by atoms with E-state index < -0.39 is 16.0 Å². The number of likely N-dealkylation sites (N-methyl/N-ethyl adjacent to an activating group) is 1. The summed E-state index contributed by atoms with van der Waals surface area (Å²) in [5.41, 5.74) is -0.906. The van der Waals surface area contributed by atoms with Gasteiger partial charge in [0, 0.05) is 6.54 Å². The first-order valence-corrected chi connectivity index (χ1v) is 4.82. The molecule has 0 radical (unpaired) electrons. The highest BCUT2D eigenvalue weighted by Gasteiger charge is 2.25. The zero-order valence-electron chi connectivity index (χ0n) is 7.73. The minimum Gasteiger partial charge on any atom is -0.307 e. The lowest BCUT2D eigenvalue weighted by Gasteiger charge is -2.25. The molecule has 0 fully saturated rings. The van der Waals surface area contributed by atoms with Crippen LogP contribution >= 0.6 is 0 Å². The van der Waals surface area contributed by atoms with Crippen molar-refractivity contribution >= 4 is 10.4 Å². The van der Waals surface area contributed by atoms with Gasteiger partial charge in [-0.1, -0.05) is 0 Å². The van der Waals surface area contributed by atoms with E-state index >= 15 is 0 Å². The summed E-state index contributed by atoms with van der Waals surface area (Å²) in [5.74, 6) is 0. The highest BCUT2D eigenvalue weighted by molar-refractivity contribution is 7.80. The first-order valence-electron chi connectivity index (χ1n) is 3.45. The van der Waals surface area contributed by atoms with E-state index in [1.54, 1.807) is 32.8 Å². The summed E-state index contributed by atoms with van der Waals surface area (Å²) in [4.78, 5) is 1.77. The Bertz CT molecular complexity index is 232. The van der Waals surface area contributed by atoms with Crippen LogP contribution < -0.4 is 0 Å². The molecule has 5 nitrogen and oxygen atoms in total. The lowest BCUT2D eigenvalue weighted by Crippen LogP contribution is -2.38. The molecular formula is C6H15NO4S. The summed E-state index contributed by atoms with van der Waals surface area (Å²) in [7, 11) is -0.780. The molecule has 0 rings (SSSR count). The summed E-state index contributed by atoms with van der Waals surface area (Å²) in [6.45, 7) is 3.58. The average molecular weight is 197 g/mol. The van der Waals surface area contributed by atoms with Crippen LogP contribution in [0.4, 0.5) is 0 Å². The first-order chi connectivity index (χ1) is 5.12. The molecule has 12 heavy (non-hydrogen) atoms. The molecule has 0 saturated heterocycles. The lowest BCUT2D eigenvalue weighted by molar-refractivity contribution is 0.0710. The van der Waals surface area contributed by atoms with E-state index in [0.29, 0.717) is 6.54 Å². The van der Waals surface area contributed by atoms with Gasteiger partial charge in [-0.3, -0.25) is 4.55 Å². The fourth-order valence-corrected chi connectivity index (χ4v) is 1.70. The molecule has 0 aromatic rings. The minimum absolute atomic E-state index is 0.410. The fourth-order valence-electron chi connectivity index (χ4n) is 1.07. The van der Waals surface area contributed by atoms with Crippen molar-refractivity contribution in [3.8, 4) is 0 Å². The standard InChI is InChI=1S/C6H15NO4S/c1-6(2,5-7(3)4)11-12(8,9)10/h5H2,1-4H3,(H,8,9,10). The van der Waals surface area contributed by atoms with Gasteiger partial charge in [0.15, 0.2) is 0 Å². The summed E-state index contributed by atoms with van der Waals surface area (Å²) in [6, 6.07) is 0. The Morgan fingerprint density at radius 2 is 1.83 bits per heavy atom. The molecule has 0 heterocycles. The van der Waals surface area contributed by atoms with Crippen molar-refractivity contribution < 1.29 is 17.2 Å². The molecule has 6 heteroatoms. The van der Waals surface area contributed by atoms with E-state index in [1.165, 1.54) is 0 Å². The summed E-state index contributed by atoms with van der Waals surface area (Å²) in [5, 5.41) is 0. The van der Waals surface area contributed by atoms with Crippen molar-refractivity contribution in [1.82, 2.24) is 4.90 Å². The molecule has 0 saturated carbocycles. The predicted octanol–water partition coefficient (Wildman–Crippen LogP) is 0.146. The topological polar surface area (TPSA) is 66.8 Å². The molecule has 0 atom stereocenters. The summed E-state index contributed by atoms with van der Waals surface area (Å²) >= 11 is 0. The smallest absolute Gasteiger partial charge is 0.307 e. The van der Waals surface area contributed by atoms with Gasteiger partial charge < -0.3 is 4.90 Å². The van der Waals surface area contributed by atoms with Crippen molar-refractivity contribution in [3.05, 3.63) is 0 Å². The molecule has 0 aliphatic carbocycles. The van der Waals surface area contributed by atoms with E-state index in [9.17, 15) is 8.42 Å². The van der Waals surface area contributed by atoms with Gasteiger partial charge in [0.05, 0.1) is 5.60 Å². The Morgan fingerprint density at radius 1 is 1.42 bits per heavy atom. The molecule has 0 aromatic carbocycles. The Balaban J connectivity index is 4.23. The average Bonchev–Trinajstić information content (AvgIpc) is 1.48. The highest BCUT2D eigenvalue weighted by atomic mass is 32.3. The van der Waals surface area contributed by atoms with Crippen LogP contribution in [0.5, 0.6) is 0 Å². The number of rotatable bonds is 4. The van der Waals surface area contributed by atoms with Crippen LogP contribution in [-0.4, -0.2) is 44.1 Å². The van der Waals surface area contributed by atoms with E-state index in [1.807, 2.05) is 0 Å². The summed E-state index contributed by atoms with van der Waals surface area (Å²) in [6.07, 6.45) is 0. The van der Waals surface area contributed by atoms with Gasteiger partial charge in [0.25, 0.3) is 0 Å². The molecule has 0 aliphatic heterocycles. The molecule has 0 aliphatic rings. The van der Waals surface area contributed by atoms with Crippen LogP contribution in [0, 0.1) is 0 Å². The number of hydrogen-bond donors (Lipinski definition) is 1. The number of nitrogens with zero attached hydrogens (tertiary/aromatic N) is 1. The Kier molecular flexibility index (Phi) is 3.64. The second-order valence-electron chi connectivity index (χ2n) is 3.51. The maximum absolute atomic E-state index is 10.3. The quantitative estimate of drug-likeness (QED) is 0.650. The SMILES string of the molecule is CN(C)CC(C)(C)OS(=O)(=O)O. The third kappa shape index (κ3) is 6.53. The molecule has 0 amide bonds.